The first-order chi connectivity index (χ1) is 15.4. The molecule has 1 saturated heterocycles. The van der Waals surface area contributed by atoms with Gasteiger partial charge in [0.25, 0.3) is 0 Å². The standard InChI is InChI=1S/C22H23Cl3N4O2S/c1-13(19-15(23)5-6-16(24)20(19)25)31-14-4-7-17-18(12-14)32-22(27-17)28-21(30)26-8-11-29-9-2-3-10-29/h4-7,12-13H,2-3,8-11H2,1H3,(H2,26,27,28,30). The first-order valence-corrected chi connectivity index (χ1v) is 12.3. The van der Waals surface area contributed by atoms with Gasteiger partial charge < -0.3 is 15.0 Å². The molecule has 32 heavy (non-hydrogen) atoms. The predicted molar refractivity (Wildman–Crippen MR) is 133 cm³/mol. The molecule has 3 aromatic rings. The highest BCUT2D eigenvalue weighted by Crippen LogP contribution is 2.38. The van der Waals surface area contributed by atoms with Gasteiger partial charge >= 0.3 is 6.03 Å². The van der Waals surface area contributed by atoms with Crippen molar-refractivity contribution in [2.24, 2.45) is 0 Å². The van der Waals surface area contributed by atoms with Gasteiger partial charge in [-0.05, 0) is 63.2 Å². The van der Waals surface area contributed by atoms with Crippen molar-refractivity contribution in [1.29, 1.82) is 0 Å². The normalized spacial score (nSPS) is 15.1. The molecule has 0 bridgehead atoms. The fraction of sp³-hybridized carbons (Fsp3) is 0.364. The van der Waals surface area contributed by atoms with Crippen LogP contribution in [-0.2, 0) is 0 Å². The van der Waals surface area contributed by atoms with Crippen LogP contribution in [0.5, 0.6) is 5.75 Å². The molecule has 6 nitrogen and oxygen atoms in total. The fourth-order valence-electron chi connectivity index (χ4n) is 3.69. The zero-order valence-electron chi connectivity index (χ0n) is 17.5. The van der Waals surface area contributed by atoms with Crippen LogP contribution >= 0.6 is 46.1 Å². The third-order valence-electron chi connectivity index (χ3n) is 5.29. The van der Waals surface area contributed by atoms with Gasteiger partial charge in [-0.15, -0.1) is 0 Å². The van der Waals surface area contributed by atoms with E-state index in [0.29, 0.717) is 38.1 Å². The number of carbonyl (C=O) groups excluding carboxylic acids is 1. The van der Waals surface area contributed by atoms with E-state index in [4.69, 9.17) is 39.5 Å². The minimum absolute atomic E-state index is 0.251. The topological polar surface area (TPSA) is 66.5 Å². The number of nitrogens with one attached hydrogen (secondary N) is 2. The van der Waals surface area contributed by atoms with E-state index in [9.17, 15) is 4.79 Å². The number of nitrogens with zero attached hydrogens (tertiary/aromatic N) is 2. The molecule has 1 aromatic heterocycles. The van der Waals surface area contributed by atoms with E-state index in [-0.39, 0.29) is 6.03 Å². The summed E-state index contributed by atoms with van der Waals surface area (Å²) in [4.78, 5) is 19.0. The molecule has 0 spiro atoms. The average Bonchev–Trinajstić information content (AvgIpc) is 3.40. The van der Waals surface area contributed by atoms with Gasteiger partial charge in [0.2, 0.25) is 0 Å². The summed E-state index contributed by atoms with van der Waals surface area (Å²) in [5.41, 5.74) is 1.42. The Morgan fingerprint density at radius 1 is 1.19 bits per heavy atom. The summed E-state index contributed by atoms with van der Waals surface area (Å²) >= 11 is 20.1. The number of hydrogen-bond donors (Lipinski definition) is 2. The second kappa shape index (κ2) is 10.4. The fourth-order valence-corrected chi connectivity index (χ4v) is 5.42. The van der Waals surface area contributed by atoms with Crippen LogP contribution < -0.4 is 15.4 Å². The molecular formula is C22H23Cl3N4O2S. The summed E-state index contributed by atoms with van der Waals surface area (Å²) < 4.78 is 6.96. The highest BCUT2D eigenvalue weighted by Gasteiger charge is 2.18. The quantitative estimate of drug-likeness (QED) is 0.349. The van der Waals surface area contributed by atoms with Crippen molar-refractivity contribution in [2.45, 2.75) is 25.9 Å². The van der Waals surface area contributed by atoms with E-state index in [0.717, 1.165) is 29.9 Å². The molecule has 170 valence electrons. The van der Waals surface area contributed by atoms with Gasteiger partial charge in [0, 0.05) is 23.7 Å². The van der Waals surface area contributed by atoms with Crippen LogP contribution in [0.15, 0.2) is 30.3 Å². The van der Waals surface area contributed by atoms with Crippen molar-refractivity contribution >= 4 is 67.5 Å². The largest absolute Gasteiger partial charge is 0.486 e. The van der Waals surface area contributed by atoms with Gasteiger partial charge in [-0.1, -0.05) is 46.1 Å². The van der Waals surface area contributed by atoms with Gasteiger partial charge in [-0.3, -0.25) is 5.32 Å². The monoisotopic (exact) mass is 512 g/mol. The molecular weight excluding hydrogens is 491 g/mol. The van der Waals surface area contributed by atoms with Gasteiger partial charge in [0.1, 0.15) is 11.9 Å². The molecule has 0 radical (unpaired) electrons. The van der Waals surface area contributed by atoms with Crippen LogP contribution in [0, 0.1) is 0 Å². The van der Waals surface area contributed by atoms with Crippen LogP contribution in [0.4, 0.5) is 9.93 Å². The molecule has 10 heteroatoms. The maximum absolute atomic E-state index is 12.2. The van der Waals surface area contributed by atoms with Crippen LogP contribution in [0.1, 0.15) is 31.4 Å². The Kier molecular flexibility index (Phi) is 7.63. The van der Waals surface area contributed by atoms with E-state index < -0.39 is 6.10 Å². The van der Waals surface area contributed by atoms with Crippen LogP contribution in [-0.4, -0.2) is 42.1 Å². The molecule has 1 aliphatic heterocycles. The summed E-state index contributed by atoms with van der Waals surface area (Å²) in [5, 5.41) is 7.53. The first kappa shape index (κ1) is 23.4. The lowest BCUT2D eigenvalue weighted by atomic mass is 10.1. The van der Waals surface area contributed by atoms with Crippen molar-refractivity contribution in [3.8, 4) is 5.75 Å². The smallest absolute Gasteiger partial charge is 0.321 e. The van der Waals surface area contributed by atoms with Gasteiger partial charge in [-0.25, -0.2) is 9.78 Å². The molecule has 2 amide bonds. The second-order valence-corrected chi connectivity index (χ2v) is 9.82. The van der Waals surface area contributed by atoms with E-state index in [1.54, 1.807) is 12.1 Å². The van der Waals surface area contributed by atoms with Crippen molar-refractivity contribution in [2.75, 3.05) is 31.5 Å². The van der Waals surface area contributed by atoms with Crippen LogP contribution in [0.2, 0.25) is 15.1 Å². The van der Waals surface area contributed by atoms with Crippen LogP contribution in [0.3, 0.4) is 0 Å². The minimum Gasteiger partial charge on any atom is -0.486 e. The Labute approximate surface area is 205 Å². The number of urea groups is 1. The molecule has 2 aromatic carbocycles. The molecule has 1 unspecified atom stereocenters. The van der Waals surface area contributed by atoms with Crippen LogP contribution in [0.25, 0.3) is 10.2 Å². The van der Waals surface area contributed by atoms with E-state index in [2.05, 4.69) is 20.5 Å². The molecule has 0 aliphatic carbocycles. The van der Waals surface area contributed by atoms with Crippen molar-refractivity contribution in [3.05, 3.63) is 51.0 Å². The summed E-state index contributed by atoms with van der Waals surface area (Å²) in [6, 6.07) is 8.66. The minimum atomic E-state index is -0.405. The Morgan fingerprint density at radius 2 is 1.94 bits per heavy atom. The Bertz CT molecular complexity index is 1120. The first-order valence-electron chi connectivity index (χ1n) is 10.4. The maximum atomic E-state index is 12.2. The molecule has 4 rings (SSSR count). The number of carbonyl (C=O) groups is 1. The SMILES string of the molecule is CC(Oc1ccc2nc(NC(=O)NCCN3CCCC3)sc2c1)c1c(Cl)ccc(Cl)c1Cl. The zero-order valence-corrected chi connectivity index (χ0v) is 20.5. The molecule has 2 N–H and O–H groups in total. The lowest BCUT2D eigenvalue weighted by Crippen LogP contribution is -2.35. The number of fused-ring (bicyclic) bond motifs is 1. The lowest BCUT2D eigenvalue weighted by molar-refractivity contribution is 0.227. The van der Waals surface area contributed by atoms with E-state index in [1.165, 1.54) is 24.2 Å². The number of rotatable bonds is 7. The molecule has 0 saturated carbocycles. The molecule has 1 aliphatic rings. The third kappa shape index (κ3) is 5.58. The van der Waals surface area contributed by atoms with Gasteiger partial charge in [0.15, 0.2) is 5.13 Å². The maximum Gasteiger partial charge on any atom is 0.321 e. The number of benzene rings is 2. The number of amides is 2. The van der Waals surface area contributed by atoms with E-state index in [1.807, 2.05) is 25.1 Å². The Hall–Kier alpha value is -1.77. The molecule has 2 heterocycles. The Balaban J connectivity index is 1.38. The summed E-state index contributed by atoms with van der Waals surface area (Å²) in [6.45, 7) is 5.56. The highest BCUT2D eigenvalue weighted by atomic mass is 35.5. The lowest BCUT2D eigenvalue weighted by Gasteiger charge is -2.18. The summed E-state index contributed by atoms with van der Waals surface area (Å²) in [6.07, 6.45) is 2.07. The second-order valence-electron chi connectivity index (χ2n) is 7.60. The number of ether oxygens (including phenoxy) is 1. The summed E-state index contributed by atoms with van der Waals surface area (Å²) in [7, 11) is 0. The number of anilines is 1. The number of aromatic nitrogens is 1. The van der Waals surface area contributed by atoms with Crippen molar-refractivity contribution in [3.63, 3.8) is 0 Å². The number of hydrogen-bond acceptors (Lipinski definition) is 5. The van der Waals surface area contributed by atoms with Crippen molar-refractivity contribution in [1.82, 2.24) is 15.2 Å². The average molecular weight is 514 g/mol. The predicted octanol–water partition coefficient (Wildman–Crippen LogP) is 6.61. The van der Waals surface area contributed by atoms with Gasteiger partial charge in [0.05, 0.1) is 20.3 Å². The van der Waals surface area contributed by atoms with Gasteiger partial charge in [-0.2, -0.15) is 0 Å². The summed E-state index contributed by atoms with van der Waals surface area (Å²) in [5.74, 6) is 0.641. The molecule has 1 fully saturated rings. The number of thiazole rings is 1. The third-order valence-corrected chi connectivity index (χ3v) is 7.37. The zero-order chi connectivity index (χ0) is 22.7. The number of likely N-dealkylation sites (tertiary alicyclic amines) is 1. The van der Waals surface area contributed by atoms with E-state index >= 15 is 0 Å². The van der Waals surface area contributed by atoms with Crippen molar-refractivity contribution < 1.29 is 9.53 Å². The Morgan fingerprint density at radius 3 is 2.72 bits per heavy atom. The highest BCUT2D eigenvalue weighted by molar-refractivity contribution is 7.22. The molecule has 1 atom stereocenters. The number of halogens is 3.